The zero-order valence-corrected chi connectivity index (χ0v) is 12.7. The second-order valence-corrected chi connectivity index (χ2v) is 5.35. The van der Waals surface area contributed by atoms with Crippen molar-refractivity contribution in [1.29, 1.82) is 0 Å². The fourth-order valence-corrected chi connectivity index (χ4v) is 2.32. The summed E-state index contributed by atoms with van der Waals surface area (Å²) in [6, 6.07) is 1.07. The van der Waals surface area contributed by atoms with Gasteiger partial charge in [-0.15, -0.1) is 0 Å². The van der Waals surface area contributed by atoms with Crippen molar-refractivity contribution in [2.24, 2.45) is 0 Å². The van der Waals surface area contributed by atoms with Crippen LogP contribution in [0.5, 0.6) is 0 Å². The number of carbonyl (C=O) groups is 2. The lowest BCUT2D eigenvalue weighted by atomic mass is 10.1. The molecule has 1 aliphatic rings. The summed E-state index contributed by atoms with van der Waals surface area (Å²) in [5.41, 5.74) is 0.348. The molecule has 1 atom stereocenters. The summed E-state index contributed by atoms with van der Waals surface area (Å²) in [5.74, 6) is 0.0776. The molecule has 0 bridgehead atoms. The largest absolute Gasteiger partial charge is 0.369 e. The average Bonchev–Trinajstić information content (AvgIpc) is 2.48. The van der Waals surface area contributed by atoms with Crippen molar-refractivity contribution in [2.45, 2.75) is 32.2 Å². The van der Waals surface area contributed by atoms with Crippen LogP contribution in [0, 0.1) is 0 Å². The van der Waals surface area contributed by atoms with E-state index in [-0.39, 0.29) is 11.8 Å². The van der Waals surface area contributed by atoms with Gasteiger partial charge in [0.05, 0.1) is 10.6 Å². The van der Waals surface area contributed by atoms with Gasteiger partial charge in [-0.2, -0.15) is 0 Å². The Balaban J connectivity index is 2.02. The molecule has 1 fully saturated rings. The van der Waals surface area contributed by atoms with Crippen molar-refractivity contribution in [3.05, 3.63) is 22.8 Å². The van der Waals surface area contributed by atoms with E-state index in [1.54, 1.807) is 6.07 Å². The first-order valence-electron chi connectivity index (χ1n) is 7.09. The molecule has 21 heavy (non-hydrogen) atoms. The number of aromatic nitrogens is 1. The molecule has 0 saturated carbocycles. The third-order valence-corrected chi connectivity index (χ3v) is 3.52. The maximum atomic E-state index is 12.1. The summed E-state index contributed by atoms with van der Waals surface area (Å²) in [4.78, 5) is 27.9. The number of halogens is 1. The minimum Gasteiger partial charge on any atom is -0.369 e. The van der Waals surface area contributed by atoms with Crippen LogP contribution in [0.2, 0.25) is 5.02 Å². The predicted octanol–water partition coefficient (Wildman–Crippen LogP) is 1.57. The van der Waals surface area contributed by atoms with Crippen LogP contribution in [0.4, 0.5) is 5.82 Å². The quantitative estimate of drug-likeness (QED) is 0.771. The maximum Gasteiger partial charge on any atom is 0.253 e. The zero-order chi connectivity index (χ0) is 15.2. The van der Waals surface area contributed by atoms with Crippen molar-refractivity contribution >= 4 is 29.2 Å². The number of piperidine rings is 1. The highest BCUT2D eigenvalue weighted by atomic mass is 35.5. The van der Waals surface area contributed by atoms with Crippen LogP contribution in [0.25, 0.3) is 0 Å². The SMILES string of the molecule is CCCNc1ncc(C(=O)NC2CCCNC2=O)cc1Cl. The van der Waals surface area contributed by atoms with Crippen LogP contribution < -0.4 is 16.0 Å². The van der Waals surface area contributed by atoms with Crippen molar-refractivity contribution < 1.29 is 9.59 Å². The number of nitrogens with zero attached hydrogens (tertiary/aromatic N) is 1. The molecule has 2 amide bonds. The Morgan fingerprint density at radius 2 is 2.38 bits per heavy atom. The van der Waals surface area contributed by atoms with E-state index < -0.39 is 6.04 Å². The third kappa shape index (κ3) is 4.07. The van der Waals surface area contributed by atoms with Crippen LogP contribution in [-0.2, 0) is 4.79 Å². The Kier molecular flexibility index (Phi) is 5.38. The van der Waals surface area contributed by atoms with Gasteiger partial charge in [0.15, 0.2) is 0 Å². The first kappa shape index (κ1) is 15.6. The fraction of sp³-hybridized carbons (Fsp3) is 0.500. The molecule has 1 unspecified atom stereocenters. The van der Waals surface area contributed by atoms with E-state index in [1.165, 1.54) is 6.20 Å². The normalized spacial score (nSPS) is 18.0. The highest BCUT2D eigenvalue weighted by Crippen LogP contribution is 2.20. The summed E-state index contributed by atoms with van der Waals surface area (Å²) in [6.45, 7) is 3.47. The van der Waals surface area contributed by atoms with Crippen molar-refractivity contribution in [1.82, 2.24) is 15.6 Å². The van der Waals surface area contributed by atoms with Gasteiger partial charge < -0.3 is 16.0 Å². The van der Waals surface area contributed by atoms with Gasteiger partial charge in [-0.05, 0) is 25.3 Å². The molecule has 2 rings (SSSR count). The third-order valence-electron chi connectivity index (χ3n) is 3.24. The van der Waals surface area contributed by atoms with Crippen LogP contribution in [0.15, 0.2) is 12.3 Å². The minimum absolute atomic E-state index is 0.144. The van der Waals surface area contributed by atoms with Crippen LogP contribution in [-0.4, -0.2) is 35.9 Å². The van der Waals surface area contributed by atoms with Crippen molar-refractivity contribution in [3.63, 3.8) is 0 Å². The average molecular weight is 311 g/mol. The molecule has 114 valence electrons. The van der Waals surface area contributed by atoms with Crippen LogP contribution in [0.1, 0.15) is 36.5 Å². The maximum absolute atomic E-state index is 12.1. The first-order valence-corrected chi connectivity index (χ1v) is 7.47. The number of anilines is 1. The van der Waals surface area contributed by atoms with Gasteiger partial charge in [0, 0.05) is 19.3 Å². The second-order valence-electron chi connectivity index (χ2n) is 4.94. The van der Waals surface area contributed by atoms with Crippen molar-refractivity contribution in [2.75, 3.05) is 18.4 Å². The summed E-state index contributed by atoms with van der Waals surface area (Å²) in [7, 11) is 0. The summed E-state index contributed by atoms with van der Waals surface area (Å²) < 4.78 is 0. The highest BCUT2D eigenvalue weighted by Gasteiger charge is 2.24. The Morgan fingerprint density at radius 1 is 1.57 bits per heavy atom. The number of hydrogen-bond acceptors (Lipinski definition) is 4. The second kappa shape index (κ2) is 7.26. The zero-order valence-electron chi connectivity index (χ0n) is 11.9. The van der Waals surface area contributed by atoms with E-state index in [0.717, 1.165) is 19.4 Å². The lowest BCUT2D eigenvalue weighted by Crippen LogP contribution is -2.50. The number of rotatable bonds is 5. The Bertz CT molecular complexity index is 536. The molecule has 3 N–H and O–H groups in total. The van der Waals surface area contributed by atoms with E-state index in [1.807, 2.05) is 6.92 Å². The topological polar surface area (TPSA) is 83.1 Å². The van der Waals surface area contributed by atoms with E-state index in [2.05, 4.69) is 20.9 Å². The standard InChI is InChI=1S/C14H19ClN4O2/c1-2-5-16-12-10(15)7-9(8-18-12)13(20)19-11-4-3-6-17-14(11)21/h7-8,11H,2-6H2,1H3,(H,16,18)(H,17,21)(H,19,20). The molecule has 7 heteroatoms. The number of carbonyl (C=O) groups excluding carboxylic acids is 2. The van der Waals surface area contributed by atoms with Crippen LogP contribution >= 0.6 is 11.6 Å². The Hall–Kier alpha value is -1.82. The molecule has 0 aliphatic carbocycles. The fourth-order valence-electron chi connectivity index (χ4n) is 2.09. The molecule has 6 nitrogen and oxygen atoms in total. The molecular formula is C14H19ClN4O2. The molecule has 0 spiro atoms. The smallest absolute Gasteiger partial charge is 0.253 e. The van der Waals surface area contributed by atoms with Gasteiger partial charge in [-0.25, -0.2) is 4.98 Å². The molecule has 1 aromatic rings. The highest BCUT2D eigenvalue weighted by molar-refractivity contribution is 6.33. The first-order chi connectivity index (χ1) is 10.1. The van der Waals surface area contributed by atoms with Gasteiger partial charge in [0.2, 0.25) is 5.91 Å². The molecule has 1 aromatic heterocycles. The molecule has 1 aliphatic heterocycles. The van der Waals surface area contributed by atoms with E-state index in [9.17, 15) is 9.59 Å². The summed E-state index contributed by atoms with van der Waals surface area (Å²) in [5, 5.41) is 8.90. The number of hydrogen-bond donors (Lipinski definition) is 3. The van der Waals surface area contributed by atoms with E-state index in [0.29, 0.717) is 29.4 Å². The number of nitrogens with one attached hydrogen (secondary N) is 3. The van der Waals surface area contributed by atoms with E-state index >= 15 is 0 Å². The van der Waals surface area contributed by atoms with E-state index in [4.69, 9.17) is 11.6 Å². The summed E-state index contributed by atoms with van der Waals surface area (Å²) >= 11 is 6.10. The summed E-state index contributed by atoms with van der Waals surface area (Å²) in [6.07, 6.45) is 3.92. The minimum atomic E-state index is -0.483. The van der Waals surface area contributed by atoms with Gasteiger partial charge in [-0.3, -0.25) is 9.59 Å². The Labute approximate surface area is 128 Å². The number of pyridine rings is 1. The van der Waals surface area contributed by atoms with Gasteiger partial charge in [0.25, 0.3) is 5.91 Å². The van der Waals surface area contributed by atoms with Gasteiger partial charge in [0.1, 0.15) is 11.9 Å². The lowest BCUT2D eigenvalue weighted by Gasteiger charge is -2.22. The molecule has 2 heterocycles. The molecule has 0 aromatic carbocycles. The number of amides is 2. The Morgan fingerprint density at radius 3 is 3.05 bits per heavy atom. The van der Waals surface area contributed by atoms with Crippen molar-refractivity contribution in [3.8, 4) is 0 Å². The molecular weight excluding hydrogens is 292 g/mol. The van der Waals surface area contributed by atoms with Gasteiger partial charge in [-0.1, -0.05) is 18.5 Å². The van der Waals surface area contributed by atoms with Gasteiger partial charge >= 0.3 is 0 Å². The van der Waals surface area contributed by atoms with Crippen LogP contribution in [0.3, 0.4) is 0 Å². The molecule has 0 radical (unpaired) electrons. The lowest BCUT2D eigenvalue weighted by molar-refractivity contribution is -0.124. The monoisotopic (exact) mass is 310 g/mol. The molecule has 1 saturated heterocycles. The predicted molar refractivity (Wildman–Crippen MR) is 81.5 cm³/mol.